The number of ketones is 1. The summed E-state index contributed by atoms with van der Waals surface area (Å²) in [5.74, 6) is -1.44. The Morgan fingerprint density at radius 2 is 1.21 bits per heavy atom. The maximum atomic E-state index is 12.3. The van der Waals surface area contributed by atoms with Crippen LogP contribution in [0, 0.1) is 5.41 Å². The molecule has 0 aromatic heterocycles. The molecule has 0 saturated heterocycles. The summed E-state index contributed by atoms with van der Waals surface area (Å²) in [6.07, 6.45) is 1.35. The Balaban J connectivity index is 0. The minimum absolute atomic E-state index is 0. The lowest BCUT2D eigenvalue weighted by Crippen LogP contribution is -2.48. The van der Waals surface area contributed by atoms with Gasteiger partial charge in [0.15, 0.2) is 0 Å². The molecular formula is C22H42N2O5. The standard InChI is InChI=1S/C21H38N2O5.CH4/c1-19(2,3)14-15(24)10-12-21(7,23-16(25)8-9-18(27)28)13-11-17(26)22-20(4,5)6;/h8-14H2,1-7H3,(H,22,26)(H,23,25)(H,27,28);1H4. The largest absolute Gasteiger partial charge is 0.481 e. The number of carbonyl (C=O) groups is 4. The molecule has 0 bridgehead atoms. The lowest BCUT2D eigenvalue weighted by molar-refractivity contribution is -0.139. The average molecular weight is 415 g/mol. The molecule has 2 amide bonds. The Labute approximate surface area is 176 Å². The fraction of sp³-hybridized carbons (Fsp3) is 0.818. The van der Waals surface area contributed by atoms with E-state index in [1.165, 1.54) is 0 Å². The number of aliphatic carboxylic acids is 1. The Morgan fingerprint density at radius 1 is 0.724 bits per heavy atom. The molecule has 3 N–H and O–H groups in total. The van der Waals surface area contributed by atoms with Crippen molar-refractivity contribution < 1.29 is 24.3 Å². The first kappa shape index (κ1) is 29.3. The van der Waals surface area contributed by atoms with Crippen molar-refractivity contribution >= 4 is 23.6 Å². The number of carbonyl (C=O) groups excluding carboxylic acids is 3. The molecular weight excluding hydrogens is 372 g/mol. The van der Waals surface area contributed by atoms with Crippen LogP contribution in [0.4, 0.5) is 0 Å². The van der Waals surface area contributed by atoms with Gasteiger partial charge in [0.2, 0.25) is 11.8 Å². The first-order chi connectivity index (χ1) is 12.5. The summed E-state index contributed by atoms with van der Waals surface area (Å²) in [7, 11) is 0. The number of rotatable bonds is 11. The molecule has 0 fully saturated rings. The van der Waals surface area contributed by atoms with Crippen LogP contribution in [0.3, 0.4) is 0 Å². The Bertz CT molecular complexity index is 539. The van der Waals surface area contributed by atoms with Gasteiger partial charge in [-0.2, -0.15) is 0 Å². The molecule has 0 saturated carbocycles. The van der Waals surface area contributed by atoms with Crippen molar-refractivity contribution in [3.63, 3.8) is 0 Å². The topological polar surface area (TPSA) is 113 Å². The van der Waals surface area contributed by atoms with Crippen LogP contribution >= 0.6 is 0 Å². The number of carboxylic acid groups (broad SMARTS) is 1. The first-order valence-electron chi connectivity index (χ1n) is 9.87. The molecule has 29 heavy (non-hydrogen) atoms. The van der Waals surface area contributed by atoms with E-state index in [1.54, 1.807) is 6.92 Å². The molecule has 0 aliphatic carbocycles. The van der Waals surface area contributed by atoms with Gasteiger partial charge in [0.1, 0.15) is 5.78 Å². The lowest BCUT2D eigenvalue weighted by Gasteiger charge is -2.32. The quantitative estimate of drug-likeness (QED) is 0.475. The fourth-order valence-corrected chi connectivity index (χ4v) is 2.83. The minimum Gasteiger partial charge on any atom is -0.481 e. The van der Waals surface area contributed by atoms with E-state index in [-0.39, 0.29) is 55.2 Å². The van der Waals surface area contributed by atoms with Gasteiger partial charge in [-0.05, 0) is 46.0 Å². The van der Waals surface area contributed by atoms with Crippen LogP contribution in [0.5, 0.6) is 0 Å². The van der Waals surface area contributed by atoms with Crippen LogP contribution in [0.1, 0.15) is 101 Å². The number of hydrogen-bond acceptors (Lipinski definition) is 4. The number of Topliss-reactive ketones (excluding diaryl/α,β-unsaturated/α-hetero) is 1. The van der Waals surface area contributed by atoms with E-state index in [0.717, 1.165) is 0 Å². The van der Waals surface area contributed by atoms with E-state index < -0.39 is 11.5 Å². The van der Waals surface area contributed by atoms with Crippen LogP contribution in [0.25, 0.3) is 0 Å². The van der Waals surface area contributed by atoms with E-state index in [0.29, 0.717) is 25.7 Å². The molecule has 7 heteroatoms. The third-order valence-corrected chi connectivity index (χ3v) is 4.11. The third kappa shape index (κ3) is 16.7. The highest BCUT2D eigenvalue weighted by Gasteiger charge is 2.29. The van der Waals surface area contributed by atoms with Crippen molar-refractivity contribution in [3.05, 3.63) is 0 Å². The summed E-state index contributed by atoms with van der Waals surface area (Å²) in [6.45, 7) is 13.5. The van der Waals surface area contributed by atoms with Crippen LogP contribution < -0.4 is 10.6 Å². The molecule has 7 nitrogen and oxygen atoms in total. The molecule has 170 valence electrons. The molecule has 0 spiro atoms. The first-order valence-corrected chi connectivity index (χ1v) is 9.87. The molecule has 0 heterocycles. The number of hydrogen-bond donors (Lipinski definition) is 3. The normalized spacial score (nSPS) is 13.6. The van der Waals surface area contributed by atoms with E-state index in [1.807, 2.05) is 41.5 Å². The van der Waals surface area contributed by atoms with Gasteiger partial charge in [-0.3, -0.25) is 19.2 Å². The molecule has 0 radical (unpaired) electrons. The second-order valence-corrected chi connectivity index (χ2v) is 10.1. The Morgan fingerprint density at radius 3 is 1.66 bits per heavy atom. The predicted octanol–water partition coefficient (Wildman–Crippen LogP) is 3.84. The van der Waals surface area contributed by atoms with Crippen LogP contribution in [0.15, 0.2) is 0 Å². The zero-order valence-electron chi connectivity index (χ0n) is 18.5. The highest BCUT2D eigenvalue weighted by atomic mass is 16.4. The fourth-order valence-electron chi connectivity index (χ4n) is 2.83. The Kier molecular flexibility index (Phi) is 12.0. The minimum atomic E-state index is -1.04. The van der Waals surface area contributed by atoms with Gasteiger partial charge in [-0.15, -0.1) is 0 Å². The predicted molar refractivity (Wildman–Crippen MR) is 116 cm³/mol. The second kappa shape index (κ2) is 11.9. The highest BCUT2D eigenvalue weighted by molar-refractivity contribution is 5.82. The zero-order valence-corrected chi connectivity index (χ0v) is 18.5. The monoisotopic (exact) mass is 414 g/mol. The van der Waals surface area contributed by atoms with Gasteiger partial charge in [-0.25, -0.2) is 0 Å². The van der Waals surface area contributed by atoms with Gasteiger partial charge >= 0.3 is 5.97 Å². The second-order valence-electron chi connectivity index (χ2n) is 10.1. The molecule has 0 aliphatic rings. The summed E-state index contributed by atoms with van der Waals surface area (Å²) in [5, 5.41) is 14.5. The van der Waals surface area contributed by atoms with Gasteiger partial charge in [-0.1, -0.05) is 28.2 Å². The summed E-state index contributed by atoms with van der Waals surface area (Å²) in [5.41, 5.74) is -1.20. The summed E-state index contributed by atoms with van der Waals surface area (Å²) < 4.78 is 0. The molecule has 0 aromatic carbocycles. The molecule has 0 aliphatic heterocycles. The van der Waals surface area contributed by atoms with E-state index in [9.17, 15) is 19.2 Å². The zero-order chi connectivity index (χ0) is 22.2. The molecule has 1 atom stereocenters. The van der Waals surface area contributed by atoms with Gasteiger partial charge in [0.05, 0.1) is 6.42 Å². The van der Waals surface area contributed by atoms with E-state index in [2.05, 4.69) is 10.6 Å². The van der Waals surface area contributed by atoms with Gasteiger partial charge in [0.25, 0.3) is 0 Å². The number of nitrogens with one attached hydrogen (secondary N) is 2. The maximum Gasteiger partial charge on any atom is 0.303 e. The molecule has 0 aromatic rings. The number of amides is 2. The van der Waals surface area contributed by atoms with Crippen molar-refractivity contribution in [3.8, 4) is 0 Å². The van der Waals surface area contributed by atoms with Crippen LogP contribution in [-0.4, -0.2) is 39.8 Å². The molecule has 1 unspecified atom stereocenters. The lowest BCUT2D eigenvalue weighted by atomic mass is 9.84. The van der Waals surface area contributed by atoms with Crippen LogP contribution in [0.2, 0.25) is 0 Å². The van der Waals surface area contributed by atoms with Crippen LogP contribution in [-0.2, 0) is 19.2 Å². The summed E-state index contributed by atoms with van der Waals surface area (Å²) in [6, 6.07) is 0. The summed E-state index contributed by atoms with van der Waals surface area (Å²) >= 11 is 0. The highest BCUT2D eigenvalue weighted by Crippen LogP contribution is 2.24. The Hall–Kier alpha value is -1.92. The van der Waals surface area contributed by atoms with Crippen molar-refractivity contribution in [1.82, 2.24) is 10.6 Å². The van der Waals surface area contributed by atoms with Crippen molar-refractivity contribution in [1.29, 1.82) is 0 Å². The summed E-state index contributed by atoms with van der Waals surface area (Å²) in [4.78, 5) is 47.3. The smallest absolute Gasteiger partial charge is 0.303 e. The number of carboxylic acids is 1. The maximum absolute atomic E-state index is 12.3. The van der Waals surface area contributed by atoms with Crippen molar-refractivity contribution in [2.75, 3.05) is 0 Å². The van der Waals surface area contributed by atoms with Gasteiger partial charge in [0, 0.05) is 36.8 Å². The average Bonchev–Trinajstić information content (AvgIpc) is 2.46. The SMILES string of the molecule is C.CC(C)(C)CC(=O)CCC(C)(CCC(=O)NC(C)(C)C)NC(=O)CCC(=O)O. The third-order valence-electron chi connectivity index (χ3n) is 4.11. The van der Waals surface area contributed by atoms with Crippen molar-refractivity contribution in [2.45, 2.75) is 112 Å². The van der Waals surface area contributed by atoms with Crippen molar-refractivity contribution in [2.24, 2.45) is 5.41 Å². The molecule has 0 rings (SSSR count). The van der Waals surface area contributed by atoms with E-state index >= 15 is 0 Å². The van der Waals surface area contributed by atoms with Gasteiger partial charge < -0.3 is 15.7 Å². The van der Waals surface area contributed by atoms with E-state index in [4.69, 9.17) is 5.11 Å².